The number of nitrogens with zero attached hydrogens (tertiary/aromatic N) is 1. The molecule has 0 atom stereocenters. The molecule has 0 amide bonds. The lowest BCUT2D eigenvalue weighted by molar-refractivity contribution is -0.576. The van der Waals surface area contributed by atoms with Crippen molar-refractivity contribution in [2.75, 3.05) is 5.32 Å². The van der Waals surface area contributed by atoms with E-state index in [0.29, 0.717) is 21.8 Å². The molecule has 0 aliphatic heterocycles. The summed E-state index contributed by atoms with van der Waals surface area (Å²) in [6.45, 7) is -3.07. The van der Waals surface area contributed by atoms with Gasteiger partial charge in [-0.1, -0.05) is 18.3 Å². The molecule has 0 aliphatic carbocycles. The predicted octanol–water partition coefficient (Wildman–Crippen LogP) is 4.45. The predicted molar refractivity (Wildman–Crippen MR) is 112 cm³/mol. The quantitative estimate of drug-likeness (QED) is 0.221. The van der Waals surface area contributed by atoms with Crippen LogP contribution >= 0.6 is 23.6 Å². The van der Waals surface area contributed by atoms with Gasteiger partial charge in [0.25, 0.3) is 5.70 Å². The molecule has 3 aromatic rings. The number of hydrogen-bond donors (Lipinski definition) is 3. The summed E-state index contributed by atoms with van der Waals surface area (Å²) in [5.41, 5.74) is 1.48. The van der Waals surface area contributed by atoms with E-state index in [0.717, 1.165) is 0 Å². The van der Waals surface area contributed by atoms with Crippen molar-refractivity contribution < 1.29 is 28.3 Å². The molecule has 0 aliphatic rings. The topological polar surface area (TPSA) is 65.6 Å². The molecular weight excluding hydrogens is 418 g/mol. The van der Waals surface area contributed by atoms with Gasteiger partial charge in [0, 0.05) is 17.3 Å². The molecule has 29 heavy (non-hydrogen) atoms. The van der Waals surface area contributed by atoms with E-state index in [1.807, 2.05) is 5.38 Å². The van der Waals surface area contributed by atoms with Crippen molar-refractivity contribution in [3.05, 3.63) is 76.7 Å². The van der Waals surface area contributed by atoms with E-state index in [1.165, 1.54) is 23.5 Å². The number of alkyl halides is 2. The second kappa shape index (κ2) is 9.55. The first-order valence-electron chi connectivity index (χ1n) is 8.42. The summed E-state index contributed by atoms with van der Waals surface area (Å²) in [5.74, 6) is -0.00562. The number of halogens is 2. The Kier molecular flexibility index (Phi) is 6.86. The minimum atomic E-state index is -2.90. The van der Waals surface area contributed by atoms with Gasteiger partial charge in [-0.15, -0.1) is 11.3 Å². The minimum absolute atomic E-state index is 0.0266. The first-order valence-corrected chi connectivity index (χ1v) is 9.71. The molecule has 5 nitrogen and oxygen atoms in total. The summed E-state index contributed by atoms with van der Waals surface area (Å²) in [7, 11) is 0. The van der Waals surface area contributed by atoms with Crippen molar-refractivity contribution in [1.82, 2.24) is 0 Å². The Morgan fingerprint density at radius 2 is 1.93 bits per heavy atom. The zero-order chi connectivity index (χ0) is 20.8. The summed E-state index contributed by atoms with van der Waals surface area (Å²) in [6.07, 6.45) is 3.36. The summed E-state index contributed by atoms with van der Waals surface area (Å²) in [6, 6.07) is 12.9. The molecule has 150 valence electrons. The average molecular weight is 435 g/mol. The third-order valence-corrected chi connectivity index (χ3v) is 5.01. The number of thiophene rings is 1. The van der Waals surface area contributed by atoms with Gasteiger partial charge in [-0.25, -0.2) is 0 Å². The van der Waals surface area contributed by atoms with Gasteiger partial charge in [0.05, 0.1) is 11.5 Å². The molecule has 2 heterocycles. The Bertz CT molecular complexity index is 1010. The molecular formula is C20H17F2N2O3S2+. The maximum atomic E-state index is 12.3. The van der Waals surface area contributed by atoms with Gasteiger partial charge in [0.15, 0.2) is 17.4 Å². The van der Waals surface area contributed by atoms with E-state index in [1.54, 1.807) is 53.4 Å². The largest absolute Gasteiger partial charge is 0.501 e. The average Bonchev–Trinajstić information content (AvgIpc) is 3.24. The second-order valence-electron chi connectivity index (χ2n) is 5.81. The van der Waals surface area contributed by atoms with E-state index in [4.69, 9.17) is 12.2 Å². The minimum Gasteiger partial charge on any atom is -0.501 e. The lowest BCUT2D eigenvalue weighted by Crippen LogP contribution is -2.38. The molecule has 0 saturated carbocycles. The summed E-state index contributed by atoms with van der Waals surface area (Å²) >= 11 is 6.86. The van der Waals surface area contributed by atoms with Crippen LogP contribution in [0.5, 0.6) is 5.75 Å². The van der Waals surface area contributed by atoms with Gasteiger partial charge in [0.1, 0.15) is 5.75 Å². The number of nitrogens with one attached hydrogen (secondary N) is 1. The van der Waals surface area contributed by atoms with Crippen LogP contribution in [0.3, 0.4) is 0 Å². The molecule has 0 spiro atoms. The highest BCUT2D eigenvalue weighted by molar-refractivity contribution is 7.81. The fourth-order valence-corrected chi connectivity index (χ4v) is 3.53. The Morgan fingerprint density at radius 3 is 2.55 bits per heavy atom. The zero-order valence-corrected chi connectivity index (χ0v) is 16.6. The molecule has 3 rings (SSSR count). The smallest absolute Gasteiger partial charge is 0.387 e. The van der Waals surface area contributed by atoms with Gasteiger partial charge in [0.2, 0.25) is 5.76 Å². The van der Waals surface area contributed by atoms with Crippen molar-refractivity contribution >= 4 is 45.7 Å². The Balaban J connectivity index is 1.94. The number of ether oxygens (including phenoxy) is 1. The molecule has 9 heteroatoms. The maximum absolute atomic E-state index is 12.3. The third kappa shape index (κ3) is 5.35. The van der Waals surface area contributed by atoms with Crippen LogP contribution in [0.1, 0.15) is 10.4 Å². The van der Waals surface area contributed by atoms with Crippen molar-refractivity contribution in [3.8, 4) is 5.75 Å². The van der Waals surface area contributed by atoms with Crippen molar-refractivity contribution in [2.24, 2.45) is 0 Å². The number of anilines is 1. The normalized spacial score (nSPS) is 11.9. The van der Waals surface area contributed by atoms with Gasteiger partial charge in [-0.2, -0.15) is 13.3 Å². The van der Waals surface area contributed by atoms with E-state index < -0.39 is 6.61 Å². The summed E-state index contributed by atoms with van der Waals surface area (Å²) in [4.78, 5) is 0.824. The van der Waals surface area contributed by atoms with Gasteiger partial charge >= 0.3 is 6.61 Å². The maximum Gasteiger partial charge on any atom is 0.387 e. The van der Waals surface area contributed by atoms with E-state index in [9.17, 15) is 19.0 Å². The van der Waals surface area contributed by atoms with Crippen LogP contribution < -0.4 is 14.6 Å². The van der Waals surface area contributed by atoms with Crippen molar-refractivity contribution in [1.29, 1.82) is 0 Å². The van der Waals surface area contributed by atoms with Crippen LogP contribution in [-0.2, 0) is 6.61 Å². The monoisotopic (exact) mass is 435 g/mol. The van der Waals surface area contributed by atoms with Crippen LogP contribution in [0.25, 0.3) is 11.5 Å². The Labute approximate surface area is 175 Å². The highest BCUT2D eigenvalue weighted by Gasteiger charge is 2.25. The molecule has 0 unspecified atom stereocenters. The molecule has 0 fully saturated rings. The van der Waals surface area contributed by atoms with E-state index >= 15 is 0 Å². The van der Waals surface area contributed by atoms with E-state index in [2.05, 4.69) is 10.1 Å². The molecule has 0 bridgehead atoms. The van der Waals surface area contributed by atoms with Crippen molar-refractivity contribution in [3.63, 3.8) is 0 Å². The number of benzene rings is 1. The standard InChI is InChI=1S/C20H16F2N2O3S2/c21-20(22)27-15-7-5-14(6-8-15)23-19(28)17(18(26)16-4-2-10-29-16)24-9-1-3-13(11-24)12-25/h1-11,20,25H,12H2,(H-,23,26,28)/p+1. The Hall–Kier alpha value is -2.88. The van der Waals surface area contributed by atoms with Crippen molar-refractivity contribution in [2.45, 2.75) is 13.2 Å². The van der Waals surface area contributed by atoms with Crippen LogP contribution in [0.2, 0.25) is 0 Å². The number of thiocarbonyl (C=S) groups is 1. The highest BCUT2D eigenvalue weighted by atomic mass is 32.1. The lowest BCUT2D eigenvalue weighted by atomic mass is 10.2. The number of aliphatic hydroxyl groups is 2. The first kappa shape index (κ1) is 20.8. The molecule has 3 N–H and O–H groups in total. The lowest BCUT2D eigenvalue weighted by Gasteiger charge is -2.11. The Morgan fingerprint density at radius 1 is 1.17 bits per heavy atom. The number of pyridine rings is 1. The number of hydrogen-bond acceptors (Lipinski definition) is 5. The molecule has 0 radical (unpaired) electrons. The van der Waals surface area contributed by atoms with Crippen LogP contribution in [0, 0.1) is 0 Å². The third-order valence-electron chi connectivity index (χ3n) is 3.83. The zero-order valence-electron chi connectivity index (χ0n) is 15.0. The fourth-order valence-electron chi connectivity index (χ4n) is 2.54. The van der Waals surface area contributed by atoms with E-state index in [-0.39, 0.29) is 23.1 Å². The van der Waals surface area contributed by atoms with Crippen LogP contribution in [0.15, 0.2) is 66.3 Å². The van der Waals surface area contributed by atoms with Crippen LogP contribution in [0.4, 0.5) is 14.5 Å². The molecule has 2 aromatic heterocycles. The SMILES string of the molecule is OCc1ccc[n+](/C(C(=S)Nc2ccc(OC(F)F)cc2)=C(\O)c2cccs2)c1. The molecule has 0 saturated heterocycles. The number of aromatic nitrogens is 1. The fraction of sp³-hybridized carbons (Fsp3) is 0.100. The number of aliphatic hydroxyl groups excluding tert-OH is 2. The highest BCUT2D eigenvalue weighted by Crippen LogP contribution is 2.24. The van der Waals surface area contributed by atoms with Crippen LogP contribution in [-0.4, -0.2) is 21.8 Å². The second-order valence-corrected chi connectivity index (χ2v) is 7.17. The van der Waals surface area contributed by atoms with Gasteiger partial charge < -0.3 is 20.3 Å². The van der Waals surface area contributed by atoms with Gasteiger partial charge in [-0.3, -0.25) is 0 Å². The first-order chi connectivity index (χ1) is 14.0. The number of rotatable bonds is 7. The van der Waals surface area contributed by atoms with Gasteiger partial charge in [-0.05, 0) is 41.8 Å². The summed E-state index contributed by atoms with van der Waals surface area (Å²) in [5, 5.41) is 25.1. The molecule has 1 aromatic carbocycles. The summed E-state index contributed by atoms with van der Waals surface area (Å²) < 4.78 is 30.5.